The first-order chi connectivity index (χ1) is 33.8. The molecule has 1 aliphatic carbocycles. The van der Waals surface area contributed by atoms with Crippen LogP contribution in [0.1, 0.15) is 30.5 Å². The molecule has 0 spiro atoms. The zero-order valence-electron chi connectivity index (χ0n) is 40.1. The van der Waals surface area contributed by atoms with Crippen molar-refractivity contribution in [1.29, 1.82) is 0 Å². The predicted octanol–water partition coefficient (Wildman–Crippen LogP) is 16.4. The standard InChI is InChI=1S/C61H41NO/c1-4-16-42(17-5-1)43-32-38-49(39-33-43)62(48-20-8-3-9-21-48)50-40-34-45(35-41-50)52-25-15-27-56-55-26-14-24-51(59(55)63-60(52)56)44-30-36-47(37-31-44)61(46-18-6-2-7-19-46)57-28-12-10-22-53(57)54-23-11-13-29-58(54)61/h1-41H/i14D,15D,24D,25D,26D,27D. The number of hydrogen-bond acceptors (Lipinski definition) is 2. The van der Waals surface area contributed by atoms with Gasteiger partial charge in [0, 0.05) is 39.0 Å². The van der Waals surface area contributed by atoms with E-state index in [4.69, 9.17) is 7.16 Å². The SMILES string of the molecule is [2H]c1c([2H])c([2H])c2c(oc3c(-c4ccc(C5(c6ccccc6)c6ccccc6-c6ccccc65)cc4)c([2H])c([2H])c([2H])c32)c1-c1ccc(N(c2ccccc2)c2ccc(-c3ccccc3)cc2)cc1. The molecule has 0 N–H and O–H groups in total. The quantitative estimate of drug-likeness (QED) is 0.152. The molecule has 0 atom stereocenters. The summed E-state index contributed by atoms with van der Waals surface area (Å²) in [6.45, 7) is 0. The average Bonchev–Trinajstić information content (AvgIpc) is 3.94. The minimum atomic E-state index is -0.637. The first-order valence-corrected chi connectivity index (χ1v) is 21.2. The average molecular weight is 810 g/mol. The molecule has 10 aromatic carbocycles. The van der Waals surface area contributed by atoms with Crippen molar-refractivity contribution in [3.8, 4) is 44.5 Å². The Morgan fingerprint density at radius 2 is 0.730 bits per heavy atom. The maximum atomic E-state index is 9.34. The lowest BCUT2D eigenvalue weighted by Gasteiger charge is -2.34. The van der Waals surface area contributed by atoms with Crippen LogP contribution >= 0.6 is 0 Å². The minimum Gasteiger partial charge on any atom is -0.455 e. The molecule has 63 heavy (non-hydrogen) atoms. The van der Waals surface area contributed by atoms with Crippen LogP contribution in [0.4, 0.5) is 17.1 Å². The Kier molecular flexibility index (Phi) is 7.35. The van der Waals surface area contributed by atoms with Crippen LogP contribution in [0.5, 0.6) is 0 Å². The van der Waals surface area contributed by atoms with Gasteiger partial charge < -0.3 is 9.32 Å². The Hall–Kier alpha value is -8.20. The van der Waals surface area contributed by atoms with Gasteiger partial charge in [0.05, 0.1) is 13.6 Å². The Bertz CT molecular complexity index is 3720. The van der Waals surface area contributed by atoms with E-state index < -0.39 is 5.41 Å². The van der Waals surface area contributed by atoms with Crippen molar-refractivity contribution in [3.05, 3.63) is 271 Å². The number of rotatable bonds is 8. The lowest BCUT2D eigenvalue weighted by atomic mass is 9.67. The number of fused-ring (bicyclic) bond motifs is 6. The highest BCUT2D eigenvalue weighted by molar-refractivity contribution is 6.13. The van der Waals surface area contributed by atoms with Gasteiger partial charge in [-0.3, -0.25) is 0 Å². The van der Waals surface area contributed by atoms with Crippen molar-refractivity contribution >= 4 is 39.0 Å². The second-order valence-electron chi connectivity index (χ2n) is 15.9. The van der Waals surface area contributed by atoms with E-state index >= 15 is 0 Å². The van der Waals surface area contributed by atoms with E-state index in [-0.39, 0.29) is 58.2 Å². The van der Waals surface area contributed by atoms with Crippen molar-refractivity contribution in [2.45, 2.75) is 5.41 Å². The molecule has 0 saturated heterocycles. The summed E-state index contributed by atoms with van der Waals surface area (Å²) in [4.78, 5) is 2.15. The Morgan fingerprint density at radius 3 is 1.27 bits per heavy atom. The van der Waals surface area contributed by atoms with E-state index in [9.17, 15) is 5.48 Å². The molecule has 12 rings (SSSR count). The number of hydrogen-bond donors (Lipinski definition) is 0. The van der Waals surface area contributed by atoms with Gasteiger partial charge in [0.1, 0.15) is 11.2 Å². The van der Waals surface area contributed by atoms with E-state index in [1.165, 1.54) is 22.3 Å². The number of benzene rings is 10. The third kappa shape index (κ3) is 5.95. The highest BCUT2D eigenvalue weighted by atomic mass is 16.3. The Labute approximate surface area is 376 Å². The van der Waals surface area contributed by atoms with Gasteiger partial charge in [-0.25, -0.2) is 0 Å². The third-order valence-corrected chi connectivity index (χ3v) is 12.5. The zero-order chi connectivity index (χ0) is 47.0. The number of furan rings is 1. The molecule has 0 amide bonds. The fourth-order valence-corrected chi connectivity index (χ4v) is 9.69. The smallest absolute Gasteiger partial charge is 0.143 e. The summed E-state index contributed by atoms with van der Waals surface area (Å²) in [6, 6.07) is 70.6. The highest BCUT2D eigenvalue weighted by Gasteiger charge is 2.45. The first-order valence-electron chi connectivity index (χ1n) is 24.2. The molecule has 0 bridgehead atoms. The highest BCUT2D eigenvalue weighted by Crippen LogP contribution is 2.56. The van der Waals surface area contributed by atoms with E-state index in [0.717, 1.165) is 39.3 Å². The summed E-state index contributed by atoms with van der Waals surface area (Å²) in [5.41, 5.74) is 13.3. The van der Waals surface area contributed by atoms with Crippen LogP contribution in [0.15, 0.2) is 253 Å². The normalized spacial score (nSPS) is 13.9. The molecule has 0 saturated carbocycles. The molecule has 0 fully saturated rings. The maximum Gasteiger partial charge on any atom is 0.143 e. The zero-order valence-corrected chi connectivity index (χ0v) is 34.1. The second-order valence-corrected chi connectivity index (χ2v) is 15.9. The van der Waals surface area contributed by atoms with Crippen LogP contribution in [-0.2, 0) is 5.41 Å². The van der Waals surface area contributed by atoms with Crippen molar-refractivity contribution in [2.24, 2.45) is 0 Å². The molecule has 1 heterocycles. The molecule has 1 aliphatic rings. The van der Waals surface area contributed by atoms with Crippen molar-refractivity contribution in [2.75, 3.05) is 4.90 Å². The summed E-state index contributed by atoms with van der Waals surface area (Å²) in [6.07, 6.45) is 0. The van der Waals surface area contributed by atoms with E-state index in [1.54, 1.807) is 0 Å². The van der Waals surface area contributed by atoms with Crippen LogP contribution < -0.4 is 4.90 Å². The van der Waals surface area contributed by atoms with Crippen molar-refractivity contribution < 1.29 is 12.6 Å². The van der Waals surface area contributed by atoms with Crippen LogP contribution in [0, 0.1) is 0 Å². The summed E-state index contributed by atoms with van der Waals surface area (Å²) in [5.74, 6) is 0. The topological polar surface area (TPSA) is 16.4 Å². The number of para-hydroxylation sites is 3. The fourth-order valence-electron chi connectivity index (χ4n) is 9.69. The van der Waals surface area contributed by atoms with Crippen LogP contribution in [0.25, 0.3) is 66.4 Å². The van der Waals surface area contributed by atoms with Crippen molar-refractivity contribution in [1.82, 2.24) is 0 Å². The van der Waals surface area contributed by atoms with Gasteiger partial charge in [0.25, 0.3) is 0 Å². The molecule has 0 aliphatic heterocycles. The summed E-state index contributed by atoms with van der Waals surface area (Å²) >= 11 is 0. The van der Waals surface area contributed by atoms with Gasteiger partial charge in [-0.15, -0.1) is 0 Å². The molecule has 2 nitrogen and oxygen atoms in total. The molecule has 11 aromatic rings. The maximum absolute atomic E-state index is 9.34. The van der Waals surface area contributed by atoms with Gasteiger partial charge in [-0.2, -0.15) is 0 Å². The Balaban J connectivity index is 0.999. The van der Waals surface area contributed by atoms with Crippen LogP contribution in [-0.4, -0.2) is 0 Å². The van der Waals surface area contributed by atoms with E-state index in [2.05, 4.69) is 138 Å². The largest absolute Gasteiger partial charge is 0.455 e. The van der Waals surface area contributed by atoms with Gasteiger partial charge in [-0.05, 0) is 92.0 Å². The van der Waals surface area contributed by atoms with Gasteiger partial charge in [0.15, 0.2) is 0 Å². The summed E-state index contributed by atoms with van der Waals surface area (Å²) < 4.78 is 62.0. The minimum absolute atomic E-state index is 0.165. The van der Waals surface area contributed by atoms with Gasteiger partial charge in [0.2, 0.25) is 0 Å². The number of anilines is 3. The van der Waals surface area contributed by atoms with E-state index in [1.807, 2.05) is 78.9 Å². The number of nitrogens with zero attached hydrogens (tertiary/aromatic N) is 1. The fraction of sp³-hybridized carbons (Fsp3) is 0.0164. The first kappa shape index (κ1) is 30.8. The van der Waals surface area contributed by atoms with E-state index in [0.29, 0.717) is 22.3 Å². The van der Waals surface area contributed by atoms with Crippen molar-refractivity contribution in [3.63, 3.8) is 0 Å². The van der Waals surface area contributed by atoms with Gasteiger partial charge in [-0.1, -0.05) is 212 Å². The molecular weight excluding hydrogens is 763 g/mol. The van der Waals surface area contributed by atoms with Gasteiger partial charge >= 0.3 is 0 Å². The lowest BCUT2D eigenvalue weighted by molar-refractivity contribution is 0.671. The van der Waals surface area contributed by atoms with Crippen LogP contribution in [0.2, 0.25) is 0 Å². The monoisotopic (exact) mass is 809 g/mol. The lowest BCUT2D eigenvalue weighted by Crippen LogP contribution is -2.28. The van der Waals surface area contributed by atoms with Crippen LogP contribution in [0.3, 0.4) is 0 Å². The third-order valence-electron chi connectivity index (χ3n) is 12.5. The molecule has 0 unspecified atom stereocenters. The molecule has 2 heteroatoms. The molecular formula is C61H41NO. The summed E-state index contributed by atoms with van der Waals surface area (Å²) in [5, 5.41) is 0.350. The Morgan fingerprint density at radius 1 is 0.333 bits per heavy atom. The molecule has 0 radical (unpaired) electrons. The second kappa shape index (κ2) is 15.1. The molecule has 1 aromatic heterocycles. The predicted molar refractivity (Wildman–Crippen MR) is 262 cm³/mol. The summed E-state index contributed by atoms with van der Waals surface area (Å²) in [7, 11) is 0. The molecule has 296 valence electrons.